The molecule has 0 unspecified atom stereocenters. The number of hydrogen-bond acceptors (Lipinski definition) is 4. The molecule has 0 spiro atoms. The molecule has 1 saturated heterocycles. The van der Waals surface area contributed by atoms with Crippen LogP contribution in [0.4, 0.5) is 5.69 Å². The Balaban J connectivity index is 1.78. The molecule has 124 valence electrons. The summed E-state index contributed by atoms with van der Waals surface area (Å²) in [7, 11) is 0. The number of ketones is 2. The predicted molar refractivity (Wildman–Crippen MR) is 87.1 cm³/mol. The Kier molecular flexibility index (Phi) is 4.29. The van der Waals surface area contributed by atoms with Crippen LogP contribution < -0.4 is 10.6 Å². The van der Waals surface area contributed by atoms with E-state index in [0.29, 0.717) is 29.8 Å². The summed E-state index contributed by atoms with van der Waals surface area (Å²) >= 11 is 0. The molecule has 2 aliphatic rings. The second-order valence-corrected chi connectivity index (χ2v) is 6.12. The third-order valence-corrected chi connectivity index (χ3v) is 4.42. The minimum atomic E-state index is -0.703. The number of Topliss-reactive ketones (excluding diaryl/α,β-unsaturated/α-hetero) is 2. The summed E-state index contributed by atoms with van der Waals surface area (Å²) in [4.78, 5) is 47.9. The fourth-order valence-corrected chi connectivity index (χ4v) is 3.19. The van der Waals surface area contributed by atoms with Crippen LogP contribution in [-0.2, 0) is 14.4 Å². The molecule has 24 heavy (non-hydrogen) atoms. The van der Waals surface area contributed by atoms with Gasteiger partial charge in [-0.05, 0) is 37.6 Å². The topological polar surface area (TPSA) is 92.3 Å². The largest absolute Gasteiger partial charge is 0.329 e. The van der Waals surface area contributed by atoms with E-state index in [1.807, 2.05) is 6.08 Å². The SMILES string of the molecule is CC(=O)c1ccc(NC(=O)[C@@H]2CC(=O)NC3=CCCC(=O)[C@H]32)cc1. The molecule has 2 amide bonds. The quantitative estimate of drug-likeness (QED) is 0.829. The van der Waals surface area contributed by atoms with Crippen LogP contribution in [0.2, 0.25) is 0 Å². The number of fused-ring (bicyclic) bond motifs is 1. The lowest BCUT2D eigenvalue weighted by atomic mass is 9.76. The Bertz CT molecular complexity index is 749. The number of nitrogens with one attached hydrogen (secondary N) is 2. The predicted octanol–water partition coefficient (Wildman–Crippen LogP) is 1.83. The van der Waals surface area contributed by atoms with E-state index < -0.39 is 11.8 Å². The molecule has 2 N–H and O–H groups in total. The van der Waals surface area contributed by atoms with Gasteiger partial charge in [-0.25, -0.2) is 0 Å². The van der Waals surface area contributed by atoms with Crippen LogP contribution >= 0.6 is 0 Å². The maximum absolute atomic E-state index is 12.6. The summed E-state index contributed by atoms with van der Waals surface area (Å²) in [6, 6.07) is 6.53. The van der Waals surface area contributed by atoms with Gasteiger partial charge in [-0.1, -0.05) is 6.08 Å². The minimum Gasteiger partial charge on any atom is -0.329 e. The molecule has 0 radical (unpaired) electrons. The van der Waals surface area contributed by atoms with Gasteiger partial charge >= 0.3 is 0 Å². The van der Waals surface area contributed by atoms with Crippen molar-refractivity contribution in [3.63, 3.8) is 0 Å². The van der Waals surface area contributed by atoms with E-state index in [1.165, 1.54) is 6.92 Å². The molecule has 1 heterocycles. The Morgan fingerprint density at radius 3 is 2.54 bits per heavy atom. The first kappa shape index (κ1) is 16.1. The summed E-state index contributed by atoms with van der Waals surface area (Å²) in [6.07, 6.45) is 2.79. The van der Waals surface area contributed by atoms with Crippen LogP contribution in [0.3, 0.4) is 0 Å². The Labute approximate surface area is 139 Å². The van der Waals surface area contributed by atoms with Crippen LogP contribution in [0.25, 0.3) is 0 Å². The molecular weight excluding hydrogens is 308 g/mol. The van der Waals surface area contributed by atoms with E-state index in [9.17, 15) is 19.2 Å². The van der Waals surface area contributed by atoms with E-state index in [1.54, 1.807) is 24.3 Å². The van der Waals surface area contributed by atoms with Crippen LogP contribution in [0.5, 0.6) is 0 Å². The molecule has 6 nitrogen and oxygen atoms in total. The highest BCUT2D eigenvalue weighted by molar-refractivity contribution is 6.02. The van der Waals surface area contributed by atoms with Crippen molar-refractivity contribution in [2.75, 3.05) is 5.32 Å². The van der Waals surface area contributed by atoms with Crippen molar-refractivity contribution in [2.24, 2.45) is 11.8 Å². The first-order valence-electron chi connectivity index (χ1n) is 7.90. The summed E-state index contributed by atoms with van der Waals surface area (Å²) in [5.41, 5.74) is 1.64. The molecule has 1 aliphatic heterocycles. The molecule has 0 saturated carbocycles. The number of carbonyl (C=O) groups is 4. The molecule has 0 aromatic heterocycles. The van der Waals surface area contributed by atoms with Gasteiger partial charge in [-0.2, -0.15) is 0 Å². The molecule has 0 bridgehead atoms. The maximum atomic E-state index is 12.6. The van der Waals surface area contributed by atoms with Crippen LogP contribution in [0.1, 0.15) is 36.5 Å². The Morgan fingerprint density at radius 2 is 1.88 bits per heavy atom. The van der Waals surface area contributed by atoms with Gasteiger partial charge in [0.15, 0.2) is 5.78 Å². The normalized spacial score (nSPS) is 23.0. The number of hydrogen-bond donors (Lipinski definition) is 2. The van der Waals surface area contributed by atoms with E-state index in [0.717, 1.165) is 0 Å². The van der Waals surface area contributed by atoms with Gasteiger partial charge in [0.05, 0.1) is 11.8 Å². The molecule has 3 rings (SSSR count). The van der Waals surface area contributed by atoms with Crippen molar-refractivity contribution in [1.82, 2.24) is 5.32 Å². The number of anilines is 1. The lowest BCUT2D eigenvalue weighted by molar-refractivity contribution is -0.135. The first-order chi connectivity index (χ1) is 11.5. The zero-order valence-corrected chi connectivity index (χ0v) is 13.3. The first-order valence-corrected chi connectivity index (χ1v) is 7.90. The van der Waals surface area contributed by atoms with Gasteiger partial charge in [-0.15, -0.1) is 0 Å². The third kappa shape index (κ3) is 3.13. The average Bonchev–Trinajstić information content (AvgIpc) is 2.54. The zero-order chi connectivity index (χ0) is 17.3. The molecular formula is C18H18N2O4. The van der Waals surface area contributed by atoms with Gasteiger partial charge < -0.3 is 10.6 Å². The van der Waals surface area contributed by atoms with Gasteiger partial charge in [-0.3, -0.25) is 19.2 Å². The highest BCUT2D eigenvalue weighted by Crippen LogP contribution is 2.33. The monoisotopic (exact) mass is 326 g/mol. The second-order valence-electron chi connectivity index (χ2n) is 6.12. The molecule has 6 heteroatoms. The molecule has 1 aliphatic carbocycles. The van der Waals surface area contributed by atoms with Crippen molar-refractivity contribution in [3.8, 4) is 0 Å². The fourth-order valence-electron chi connectivity index (χ4n) is 3.19. The molecule has 1 aromatic rings. The Morgan fingerprint density at radius 1 is 1.17 bits per heavy atom. The average molecular weight is 326 g/mol. The van der Waals surface area contributed by atoms with Crippen LogP contribution in [-0.4, -0.2) is 23.4 Å². The summed E-state index contributed by atoms with van der Waals surface area (Å²) in [6.45, 7) is 1.47. The molecule has 2 atom stereocenters. The lowest BCUT2D eigenvalue weighted by Crippen LogP contribution is -2.47. The summed E-state index contributed by atoms with van der Waals surface area (Å²) in [5, 5.41) is 5.44. The number of carbonyl (C=O) groups excluding carboxylic acids is 4. The van der Waals surface area contributed by atoms with Crippen molar-refractivity contribution < 1.29 is 19.2 Å². The zero-order valence-electron chi connectivity index (χ0n) is 13.3. The van der Waals surface area contributed by atoms with Crippen LogP contribution in [0.15, 0.2) is 36.0 Å². The Hall–Kier alpha value is -2.76. The van der Waals surface area contributed by atoms with Gasteiger partial charge in [0.1, 0.15) is 5.78 Å². The van der Waals surface area contributed by atoms with Gasteiger partial charge in [0.25, 0.3) is 0 Å². The highest BCUT2D eigenvalue weighted by atomic mass is 16.2. The van der Waals surface area contributed by atoms with Crippen LogP contribution in [0, 0.1) is 11.8 Å². The number of benzene rings is 1. The van der Waals surface area contributed by atoms with Crippen molar-refractivity contribution >= 4 is 29.1 Å². The number of rotatable bonds is 3. The number of amides is 2. The minimum absolute atomic E-state index is 0.00882. The highest BCUT2D eigenvalue weighted by Gasteiger charge is 2.42. The second kappa shape index (κ2) is 6.39. The van der Waals surface area contributed by atoms with E-state index in [2.05, 4.69) is 10.6 Å². The van der Waals surface area contributed by atoms with E-state index in [4.69, 9.17) is 0 Å². The van der Waals surface area contributed by atoms with Gasteiger partial charge in [0.2, 0.25) is 11.8 Å². The summed E-state index contributed by atoms with van der Waals surface area (Å²) in [5.74, 6) is -1.96. The lowest BCUT2D eigenvalue weighted by Gasteiger charge is -2.34. The third-order valence-electron chi connectivity index (χ3n) is 4.42. The number of piperidine rings is 1. The summed E-state index contributed by atoms with van der Waals surface area (Å²) < 4.78 is 0. The maximum Gasteiger partial charge on any atom is 0.229 e. The van der Waals surface area contributed by atoms with E-state index >= 15 is 0 Å². The van der Waals surface area contributed by atoms with Crippen molar-refractivity contribution in [1.29, 1.82) is 0 Å². The molecule has 1 fully saturated rings. The smallest absolute Gasteiger partial charge is 0.229 e. The van der Waals surface area contributed by atoms with Gasteiger partial charge in [0, 0.05) is 29.8 Å². The molecule has 1 aromatic carbocycles. The van der Waals surface area contributed by atoms with Crippen molar-refractivity contribution in [3.05, 3.63) is 41.6 Å². The fraction of sp³-hybridized carbons (Fsp3) is 0.333. The standard InChI is InChI=1S/C18H18N2O4/c1-10(21)11-5-7-12(8-6-11)19-18(24)13-9-16(23)20-14-3-2-4-15(22)17(13)14/h3,5-8,13,17H,2,4,9H2,1H3,(H,19,24)(H,20,23)/t13-,17+/m1/s1. The van der Waals surface area contributed by atoms with Crippen molar-refractivity contribution in [2.45, 2.75) is 26.2 Å². The number of allylic oxidation sites excluding steroid dienone is 2. The van der Waals surface area contributed by atoms with E-state index in [-0.39, 0.29) is 29.8 Å².